The van der Waals surface area contributed by atoms with E-state index in [0.29, 0.717) is 11.3 Å². The second-order valence-electron chi connectivity index (χ2n) is 6.62. The van der Waals surface area contributed by atoms with Gasteiger partial charge < -0.3 is 5.32 Å². The van der Waals surface area contributed by atoms with Gasteiger partial charge in [0.25, 0.3) is 5.91 Å². The Morgan fingerprint density at radius 3 is 2.39 bits per heavy atom. The molecule has 1 aromatic heterocycles. The van der Waals surface area contributed by atoms with Gasteiger partial charge in [-0.1, -0.05) is 6.07 Å². The first-order valence-electron chi connectivity index (χ1n) is 7.42. The number of carbonyl (C=O) groups excluding carboxylic acids is 1. The second kappa shape index (κ2) is 6.10. The lowest BCUT2D eigenvalue weighted by Crippen LogP contribution is -2.28. The summed E-state index contributed by atoms with van der Waals surface area (Å²) in [7, 11) is 0. The normalized spacial score (nSPS) is 13.0. The molecule has 0 saturated carbocycles. The summed E-state index contributed by atoms with van der Waals surface area (Å²) in [6.45, 7) is 9.59. The molecule has 1 heterocycles. The van der Waals surface area contributed by atoms with Crippen molar-refractivity contribution >= 4 is 5.91 Å². The number of aromatic nitrogens is 2. The van der Waals surface area contributed by atoms with Gasteiger partial charge in [-0.05, 0) is 58.4 Å². The van der Waals surface area contributed by atoms with Gasteiger partial charge in [-0.15, -0.1) is 0 Å². The van der Waals surface area contributed by atoms with Crippen molar-refractivity contribution in [3.63, 3.8) is 0 Å². The second-order valence-corrected chi connectivity index (χ2v) is 6.62. The molecule has 0 fully saturated rings. The molecular weight excluding hydrogens is 300 g/mol. The summed E-state index contributed by atoms with van der Waals surface area (Å²) in [4.78, 5) is 12.3. The lowest BCUT2D eigenvalue weighted by Gasteiger charge is -2.21. The Kier molecular flexibility index (Phi) is 4.54. The van der Waals surface area contributed by atoms with E-state index in [1.165, 1.54) is 6.07 Å². The predicted octanol–water partition coefficient (Wildman–Crippen LogP) is 3.72. The fourth-order valence-electron chi connectivity index (χ4n) is 2.40. The van der Waals surface area contributed by atoms with E-state index in [-0.39, 0.29) is 11.4 Å². The average Bonchev–Trinajstić information content (AvgIpc) is 2.84. The Morgan fingerprint density at radius 1 is 1.22 bits per heavy atom. The van der Waals surface area contributed by atoms with Crippen molar-refractivity contribution in [2.45, 2.75) is 46.2 Å². The molecule has 0 aliphatic heterocycles. The topological polar surface area (TPSA) is 46.9 Å². The first-order valence-corrected chi connectivity index (χ1v) is 7.42. The summed E-state index contributed by atoms with van der Waals surface area (Å²) >= 11 is 0. The molecule has 0 radical (unpaired) electrons. The van der Waals surface area contributed by atoms with E-state index >= 15 is 0 Å². The Morgan fingerprint density at radius 2 is 1.87 bits per heavy atom. The van der Waals surface area contributed by atoms with Gasteiger partial charge in [0, 0.05) is 5.69 Å². The van der Waals surface area contributed by atoms with Gasteiger partial charge in [0.05, 0.1) is 11.6 Å². The van der Waals surface area contributed by atoms with Gasteiger partial charge >= 0.3 is 0 Å². The third-order valence-corrected chi connectivity index (χ3v) is 3.55. The lowest BCUT2D eigenvalue weighted by atomic mass is 10.1. The lowest BCUT2D eigenvalue weighted by molar-refractivity contribution is 0.0933. The molecule has 2 aromatic rings. The fraction of sp³-hybridized carbons (Fsp3) is 0.412. The third kappa shape index (κ3) is 3.75. The smallest absolute Gasteiger partial charge is 0.272 e. The molecule has 0 aliphatic carbocycles. The summed E-state index contributed by atoms with van der Waals surface area (Å²) in [6.07, 6.45) is 0. The zero-order valence-corrected chi connectivity index (χ0v) is 13.9. The number of rotatable bonds is 3. The maximum atomic E-state index is 13.3. The van der Waals surface area contributed by atoms with Gasteiger partial charge in [0.2, 0.25) is 0 Å². The Bertz CT molecular complexity index is 732. The van der Waals surface area contributed by atoms with Crippen molar-refractivity contribution in [3.8, 4) is 0 Å². The standard InChI is InChI=1S/C17H21F2N3O/c1-10-8-15(21-22(10)17(3,4)5)16(23)20-11(2)12-6-7-13(18)14(19)9-12/h6-9,11H,1-5H3,(H,20,23)/t11-/m1/s1. The van der Waals surface area contributed by atoms with E-state index in [9.17, 15) is 13.6 Å². The molecule has 1 amide bonds. The third-order valence-electron chi connectivity index (χ3n) is 3.55. The Hall–Kier alpha value is -2.24. The summed E-state index contributed by atoms with van der Waals surface area (Å²) < 4.78 is 28.0. The van der Waals surface area contributed by atoms with Crippen molar-refractivity contribution in [2.75, 3.05) is 0 Å². The highest BCUT2D eigenvalue weighted by molar-refractivity contribution is 5.92. The highest BCUT2D eigenvalue weighted by Crippen LogP contribution is 2.19. The van der Waals surface area contributed by atoms with Crippen LogP contribution in [0.25, 0.3) is 0 Å². The van der Waals surface area contributed by atoms with Crippen LogP contribution in [0.1, 0.15) is 55.5 Å². The van der Waals surface area contributed by atoms with Crippen LogP contribution in [0.2, 0.25) is 0 Å². The minimum absolute atomic E-state index is 0.228. The maximum Gasteiger partial charge on any atom is 0.272 e. The predicted molar refractivity (Wildman–Crippen MR) is 84.2 cm³/mol. The molecule has 1 aromatic carbocycles. The van der Waals surface area contributed by atoms with E-state index in [1.54, 1.807) is 17.7 Å². The number of aryl methyl sites for hydroxylation is 1. The molecule has 2 rings (SSSR count). The molecule has 0 spiro atoms. The van der Waals surface area contributed by atoms with E-state index in [2.05, 4.69) is 10.4 Å². The summed E-state index contributed by atoms with van der Waals surface area (Å²) in [5.74, 6) is -2.20. The monoisotopic (exact) mass is 321 g/mol. The molecule has 0 aliphatic rings. The zero-order valence-electron chi connectivity index (χ0n) is 13.9. The van der Waals surface area contributed by atoms with Crippen LogP contribution in [-0.4, -0.2) is 15.7 Å². The van der Waals surface area contributed by atoms with Gasteiger partial charge in [-0.2, -0.15) is 5.10 Å². The number of benzene rings is 1. The summed E-state index contributed by atoms with van der Waals surface area (Å²) in [6, 6.07) is 4.82. The fourth-order valence-corrected chi connectivity index (χ4v) is 2.40. The number of halogens is 2. The van der Waals surface area contributed by atoms with Gasteiger partial charge in [-0.3, -0.25) is 9.48 Å². The molecule has 1 atom stereocenters. The Balaban J connectivity index is 2.17. The first kappa shape index (κ1) is 17.1. The van der Waals surface area contributed by atoms with Crippen molar-refractivity contribution in [3.05, 3.63) is 52.9 Å². The Labute approximate surface area is 134 Å². The van der Waals surface area contributed by atoms with Crippen molar-refractivity contribution < 1.29 is 13.6 Å². The van der Waals surface area contributed by atoms with E-state index in [0.717, 1.165) is 17.8 Å². The molecule has 23 heavy (non-hydrogen) atoms. The quantitative estimate of drug-likeness (QED) is 0.936. The maximum absolute atomic E-state index is 13.3. The van der Waals surface area contributed by atoms with Gasteiger partial charge in [0.1, 0.15) is 5.69 Å². The van der Waals surface area contributed by atoms with Crippen LogP contribution in [-0.2, 0) is 5.54 Å². The molecule has 0 saturated heterocycles. The van der Waals surface area contributed by atoms with Crippen LogP contribution in [0.15, 0.2) is 24.3 Å². The molecule has 0 unspecified atom stereocenters. The SMILES string of the molecule is Cc1cc(C(=O)N[C@H](C)c2ccc(F)c(F)c2)nn1C(C)(C)C. The van der Waals surface area contributed by atoms with Crippen LogP contribution in [0.4, 0.5) is 8.78 Å². The molecular formula is C17H21F2N3O. The number of amides is 1. The average molecular weight is 321 g/mol. The molecule has 6 heteroatoms. The highest BCUT2D eigenvalue weighted by atomic mass is 19.2. The summed E-state index contributed by atoms with van der Waals surface area (Å²) in [5, 5.41) is 7.08. The van der Waals surface area contributed by atoms with E-state index < -0.39 is 17.7 Å². The minimum Gasteiger partial charge on any atom is -0.344 e. The van der Waals surface area contributed by atoms with Crippen molar-refractivity contribution in [2.24, 2.45) is 0 Å². The number of nitrogens with one attached hydrogen (secondary N) is 1. The highest BCUT2D eigenvalue weighted by Gasteiger charge is 2.21. The number of nitrogens with zero attached hydrogens (tertiary/aromatic N) is 2. The van der Waals surface area contributed by atoms with Crippen LogP contribution < -0.4 is 5.32 Å². The molecule has 1 N–H and O–H groups in total. The van der Waals surface area contributed by atoms with Crippen molar-refractivity contribution in [1.29, 1.82) is 0 Å². The zero-order chi connectivity index (χ0) is 17.4. The van der Waals surface area contributed by atoms with Crippen LogP contribution in [0.5, 0.6) is 0 Å². The van der Waals surface area contributed by atoms with E-state index in [4.69, 9.17) is 0 Å². The van der Waals surface area contributed by atoms with E-state index in [1.807, 2.05) is 27.7 Å². The number of hydrogen-bond donors (Lipinski definition) is 1. The van der Waals surface area contributed by atoms with Crippen molar-refractivity contribution in [1.82, 2.24) is 15.1 Å². The minimum atomic E-state index is -0.934. The molecule has 0 bridgehead atoms. The van der Waals surface area contributed by atoms with Gasteiger partial charge in [-0.25, -0.2) is 8.78 Å². The molecule has 124 valence electrons. The number of carbonyl (C=O) groups is 1. The van der Waals surface area contributed by atoms with Gasteiger partial charge in [0.15, 0.2) is 11.6 Å². The van der Waals surface area contributed by atoms with Crippen LogP contribution in [0, 0.1) is 18.6 Å². The summed E-state index contributed by atoms with van der Waals surface area (Å²) in [5.41, 5.74) is 1.44. The molecule has 4 nitrogen and oxygen atoms in total. The first-order chi connectivity index (χ1) is 10.6. The van der Waals surface area contributed by atoms with Crippen LogP contribution >= 0.6 is 0 Å². The van der Waals surface area contributed by atoms with Crippen LogP contribution in [0.3, 0.4) is 0 Å². The number of hydrogen-bond acceptors (Lipinski definition) is 2. The largest absolute Gasteiger partial charge is 0.344 e.